The Hall–Kier alpha value is -2.98. The van der Waals surface area contributed by atoms with Crippen molar-refractivity contribution in [3.05, 3.63) is 62.7 Å². The molecule has 3 rings (SSSR count). The van der Waals surface area contributed by atoms with Gasteiger partial charge in [0.2, 0.25) is 11.1 Å². The minimum atomic E-state index is -0.555. The number of benzene rings is 2. The van der Waals surface area contributed by atoms with Gasteiger partial charge in [0.15, 0.2) is 0 Å². The van der Waals surface area contributed by atoms with E-state index in [2.05, 4.69) is 20.8 Å². The Bertz CT molecular complexity index is 1060. The van der Waals surface area contributed by atoms with Crippen molar-refractivity contribution in [3.63, 3.8) is 0 Å². The van der Waals surface area contributed by atoms with Crippen molar-refractivity contribution in [2.24, 2.45) is 0 Å². The fourth-order valence-corrected chi connectivity index (χ4v) is 3.33. The number of nitrogens with one attached hydrogen (secondary N) is 1. The number of nitro groups is 1. The van der Waals surface area contributed by atoms with Crippen LogP contribution in [0.3, 0.4) is 0 Å². The molecule has 9 nitrogen and oxygen atoms in total. The smallest absolute Gasteiger partial charge is 0.271 e. The van der Waals surface area contributed by atoms with Gasteiger partial charge in [-0.1, -0.05) is 35.5 Å². The summed E-state index contributed by atoms with van der Waals surface area (Å²) in [5.41, 5.74) is 3.14. The zero-order chi connectivity index (χ0) is 20.3. The maximum absolute atomic E-state index is 12.2. The minimum Gasteiger partial charge on any atom is -0.324 e. The second kappa shape index (κ2) is 8.36. The van der Waals surface area contributed by atoms with Crippen LogP contribution in [0.15, 0.2) is 41.6 Å². The highest BCUT2D eigenvalue weighted by atomic mass is 35.5. The molecule has 0 aliphatic heterocycles. The molecular weight excluding hydrogens is 404 g/mol. The van der Waals surface area contributed by atoms with Crippen molar-refractivity contribution in [3.8, 4) is 5.69 Å². The van der Waals surface area contributed by atoms with Crippen molar-refractivity contribution >= 4 is 40.6 Å². The third-order valence-electron chi connectivity index (χ3n) is 4.02. The number of hydrogen-bond donors (Lipinski definition) is 1. The molecule has 0 aliphatic carbocycles. The number of aryl methyl sites for hydroxylation is 1. The van der Waals surface area contributed by atoms with Gasteiger partial charge in [-0.05, 0) is 47.5 Å². The SMILES string of the molecule is Cc1cccc(-n2nnnc2SCC(=O)Nc2ccc([N+](=O)[O-])cc2Cl)c1C. The molecule has 0 saturated carbocycles. The number of amides is 1. The lowest BCUT2D eigenvalue weighted by atomic mass is 10.1. The lowest BCUT2D eigenvalue weighted by Crippen LogP contribution is -2.15. The molecule has 1 N–H and O–H groups in total. The molecule has 144 valence electrons. The number of carbonyl (C=O) groups is 1. The predicted octanol–water partition coefficient (Wildman–Crippen LogP) is 3.57. The number of halogens is 1. The van der Waals surface area contributed by atoms with Gasteiger partial charge in [-0.3, -0.25) is 14.9 Å². The van der Waals surface area contributed by atoms with Crippen LogP contribution in [0.1, 0.15) is 11.1 Å². The Morgan fingerprint density at radius 2 is 2.11 bits per heavy atom. The lowest BCUT2D eigenvalue weighted by Gasteiger charge is -2.10. The highest BCUT2D eigenvalue weighted by molar-refractivity contribution is 7.99. The first-order valence-corrected chi connectivity index (χ1v) is 9.44. The lowest BCUT2D eigenvalue weighted by molar-refractivity contribution is -0.384. The third-order valence-corrected chi connectivity index (χ3v) is 5.25. The number of rotatable bonds is 6. The summed E-state index contributed by atoms with van der Waals surface area (Å²) in [6.07, 6.45) is 0. The molecule has 0 unspecified atom stereocenters. The van der Waals surface area contributed by atoms with Crippen molar-refractivity contribution in [2.75, 3.05) is 11.1 Å². The van der Waals surface area contributed by atoms with E-state index in [1.165, 1.54) is 30.0 Å². The summed E-state index contributed by atoms with van der Waals surface area (Å²) in [4.78, 5) is 22.4. The largest absolute Gasteiger partial charge is 0.324 e. The van der Waals surface area contributed by atoms with E-state index in [1.54, 1.807) is 4.68 Å². The van der Waals surface area contributed by atoms with Crippen molar-refractivity contribution < 1.29 is 9.72 Å². The first kappa shape index (κ1) is 19.8. The fourth-order valence-electron chi connectivity index (χ4n) is 2.42. The number of non-ortho nitro benzene ring substituents is 1. The third kappa shape index (κ3) is 4.29. The van der Waals surface area contributed by atoms with Gasteiger partial charge in [0.05, 0.1) is 27.1 Å². The molecule has 1 aromatic heterocycles. The molecule has 3 aromatic rings. The molecule has 0 radical (unpaired) electrons. The Balaban J connectivity index is 1.69. The molecule has 28 heavy (non-hydrogen) atoms. The number of tetrazole rings is 1. The summed E-state index contributed by atoms with van der Waals surface area (Å²) in [6, 6.07) is 9.66. The quantitative estimate of drug-likeness (QED) is 0.369. The van der Waals surface area contributed by atoms with Crippen LogP contribution in [0, 0.1) is 24.0 Å². The molecule has 0 bridgehead atoms. The van der Waals surface area contributed by atoms with E-state index in [1.807, 2.05) is 32.0 Å². The standard InChI is InChI=1S/C17H15ClN6O3S/c1-10-4-3-5-15(11(10)2)23-17(20-21-22-23)28-9-16(25)19-14-7-6-12(24(26)27)8-13(14)18/h3-8H,9H2,1-2H3,(H,19,25). The molecule has 0 aliphatic rings. The summed E-state index contributed by atoms with van der Waals surface area (Å²) in [5.74, 6) is -0.297. The maximum Gasteiger partial charge on any atom is 0.271 e. The summed E-state index contributed by atoms with van der Waals surface area (Å²) in [7, 11) is 0. The Kier molecular flexibility index (Phi) is 5.90. The van der Waals surface area contributed by atoms with Crippen LogP contribution in [-0.2, 0) is 4.79 Å². The zero-order valence-corrected chi connectivity index (χ0v) is 16.5. The van der Waals surface area contributed by atoms with Gasteiger partial charge in [0.1, 0.15) is 0 Å². The highest BCUT2D eigenvalue weighted by Crippen LogP contribution is 2.27. The molecule has 0 spiro atoms. The highest BCUT2D eigenvalue weighted by Gasteiger charge is 2.15. The van der Waals surface area contributed by atoms with Gasteiger partial charge >= 0.3 is 0 Å². The number of aromatic nitrogens is 4. The van der Waals surface area contributed by atoms with Gasteiger partial charge in [-0.2, -0.15) is 4.68 Å². The topological polar surface area (TPSA) is 116 Å². The second-order valence-corrected chi connectivity index (χ2v) is 7.20. The molecule has 1 amide bonds. The number of thioether (sulfide) groups is 1. The number of hydrogen-bond acceptors (Lipinski definition) is 7. The second-order valence-electron chi connectivity index (χ2n) is 5.85. The van der Waals surface area contributed by atoms with Crippen molar-refractivity contribution in [1.82, 2.24) is 20.2 Å². The van der Waals surface area contributed by atoms with E-state index in [-0.39, 0.29) is 22.4 Å². The summed E-state index contributed by atoms with van der Waals surface area (Å²) in [6.45, 7) is 3.97. The number of carbonyl (C=O) groups excluding carboxylic acids is 1. The van der Waals surface area contributed by atoms with E-state index in [0.717, 1.165) is 16.8 Å². The van der Waals surface area contributed by atoms with Crippen LogP contribution in [0.5, 0.6) is 0 Å². The van der Waals surface area contributed by atoms with Gasteiger partial charge in [0, 0.05) is 12.1 Å². The van der Waals surface area contributed by atoms with E-state index in [0.29, 0.717) is 10.8 Å². The van der Waals surface area contributed by atoms with Crippen LogP contribution >= 0.6 is 23.4 Å². The molecule has 0 atom stereocenters. The van der Waals surface area contributed by atoms with Gasteiger partial charge < -0.3 is 5.32 Å². The fraction of sp³-hybridized carbons (Fsp3) is 0.176. The minimum absolute atomic E-state index is 0.0402. The van der Waals surface area contributed by atoms with Crippen LogP contribution in [0.4, 0.5) is 11.4 Å². The van der Waals surface area contributed by atoms with E-state index >= 15 is 0 Å². The first-order chi connectivity index (χ1) is 13.4. The van der Waals surface area contributed by atoms with E-state index < -0.39 is 4.92 Å². The monoisotopic (exact) mass is 418 g/mol. The van der Waals surface area contributed by atoms with Crippen LogP contribution in [0.25, 0.3) is 5.69 Å². The Morgan fingerprint density at radius 3 is 2.82 bits per heavy atom. The van der Waals surface area contributed by atoms with Gasteiger partial charge in [-0.25, -0.2) is 0 Å². The van der Waals surface area contributed by atoms with Crippen LogP contribution < -0.4 is 5.32 Å². The summed E-state index contributed by atoms with van der Waals surface area (Å²) in [5, 5.41) is 25.6. The summed E-state index contributed by atoms with van der Waals surface area (Å²) >= 11 is 7.16. The van der Waals surface area contributed by atoms with Crippen LogP contribution in [0.2, 0.25) is 5.02 Å². The maximum atomic E-state index is 12.2. The Morgan fingerprint density at radius 1 is 1.32 bits per heavy atom. The molecule has 0 saturated heterocycles. The average molecular weight is 419 g/mol. The zero-order valence-electron chi connectivity index (χ0n) is 14.9. The number of nitro benzene ring substituents is 1. The van der Waals surface area contributed by atoms with Crippen molar-refractivity contribution in [2.45, 2.75) is 19.0 Å². The average Bonchev–Trinajstić information content (AvgIpc) is 3.12. The van der Waals surface area contributed by atoms with Gasteiger partial charge in [-0.15, -0.1) is 5.10 Å². The van der Waals surface area contributed by atoms with E-state index in [9.17, 15) is 14.9 Å². The summed E-state index contributed by atoms with van der Waals surface area (Å²) < 4.78 is 1.58. The number of anilines is 1. The number of nitrogens with zero attached hydrogens (tertiary/aromatic N) is 5. The first-order valence-electron chi connectivity index (χ1n) is 8.08. The van der Waals surface area contributed by atoms with Crippen LogP contribution in [-0.4, -0.2) is 36.8 Å². The Labute approximate surface area is 169 Å². The molecule has 0 fully saturated rings. The normalized spacial score (nSPS) is 10.7. The predicted molar refractivity (Wildman–Crippen MR) is 106 cm³/mol. The van der Waals surface area contributed by atoms with E-state index in [4.69, 9.17) is 11.6 Å². The molecule has 11 heteroatoms. The van der Waals surface area contributed by atoms with Crippen molar-refractivity contribution in [1.29, 1.82) is 0 Å². The molecule has 1 heterocycles. The molecule has 2 aromatic carbocycles. The molecular formula is C17H15ClN6O3S. The van der Waals surface area contributed by atoms with Gasteiger partial charge in [0.25, 0.3) is 5.69 Å².